The first-order chi connectivity index (χ1) is 25.7. The summed E-state index contributed by atoms with van der Waals surface area (Å²) in [5.74, 6) is -0.377. The van der Waals surface area contributed by atoms with Crippen LogP contribution in [0.25, 0.3) is 37.5 Å². The average Bonchev–Trinajstić information content (AvgIpc) is 3.11. The SMILES string of the molecule is [C-]#[N+]/C(C#N)=C1\C(=C2c3c(N)ccc(N(C)C)c3C(=[N+](C)C)c3c(N(C)C)ccc(N)c32)C([O-])=C1c1c2c(N)cccc2c(N(C)C)c2cccc(N)c12. The van der Waals surface area contributed by atoms with E-state index in [4.69, 9.17) is 29.5 Å². The van der Waals surface area contributed by atoms with E-state index in [1.165, 1.54) is 0 Å². The molecule has 270 valence electrons. The Labute approximate surface area is 315 Å². The first-order valence-electron chi connectivity index (χ1n) is 17.3. The molecule has 11 nitrogen and oxygen atoms in total. The quantitative estimate of drug-likeness (QED) is 0.0629. The van der Waals surface area contributed by atoms with E-state index < -0.39 is 0 Å². The second-order valence-electron chi connectivity index (χ2n) is 14.4. The van der Waals surface area contributed by atoms with E-state index in [2.05, 4.69) is 10.9 Å². The lowest BCUT2D eigenvalue weighted by Crippen LogP contribution is -2.32. The minimum Gasteiger partial charge on any atom is -0.872 e. The highest BCUT2D eigenvalue weighted by Crippen LogP contribution is 2.58. The van der Waals surface area contributed by atoms with Gasteiger partial charge in [-0.1, -0.05) is 30.0 Å². The fraction of sp³-hybridized carbons (Fsp3) is 0.186. The Hall–Kier alpha value is -7.11. The van der Waals surface area contributed by atoms with Gasteiger partial charge in [0.25, 0.3) is 5.70 Å². The molecule has 0 aliphatic heterocycles. The zero-order valence-corrected chi connectivity index (χ0v) is 31.7. The topological polar surface area (TPSA) is 168 Å². The molecule has 0 unspecified atom stereocenters. The van der Waals surface area contributed by atoms with Gasteiger partial charge in [0.15, 0.2) is 0 Å². The molecule has 8 N–H and O–H groups in total. The maximum atomic E-state index is 15.5. The summed E-state index contributed by atoms with van der Waals surface area (Å²) in [6.45, 7) is 8.26. The molecule has 0 amide bonds. The van der Waals surface area contributed by atoms with Crippen LogP contribution in [0.4, 0.5) is 39.8 Å². The van der Waals surface area contributed by atoms with Crippen LogP contribution in [0, 0.1) is 17.9 Å². The van der Waals surface area contributed by atoms with Gasteiger partial charge in [0.1, 0.15) is 14.1 Å². The molecule has 0 aromatic heterocycles. The fourth-order valence-electron chi connectivity index (χ4n) is 8.29. The Morgan fingerprint density at radius 2 is 1.13 bits per heavy atom. The highest BCUT2D eigenvalue weighted by molar-refractivity contribution is 6.30. The van der Waals surface area contributed by atoms with E-state index in [-0.39, 0.29) is 28.2 Å². The van der Waals surface area contributed by atoms with Crippen molar-refractivity contribution < 1.29 is 9.68 Å². The number of rotatable bonds is 4. The molecular formula is C43H42N10O. The van der Waals surface area contributed by atoms with Crippen molar-refractivity contribution in [1.29, 1.82) is 5.26 Å². The van der Waals surface area contributed by atoms with E-state index >= 15 is 5.11 Å². The minimum absolute atomic E-state index is 0.185. The molecule has 0 radical (unpaired) electrons. The Morgan fingerprint density at radius 1 is 0.648 bits per heavy atom. The molecule has 5 aromatic carbocycles. The second kappa shape index (κ2) is 12.5. The molecule has 2 aliphatic rings. The maximum Gasteiger partial charge on any atom is 0.270 e. The zero-order chi connectivity index (χ0) is 39.1. The van der Waals surface area contributed by atoms with Crippen molar-refractivity contribution in [2.24, 2.45) is 0 Å². The molecule has 0 spiro atoms. The van der Waals surface area contributed by atoms with Crippen molar-refractivity contribution in [1.82, 2.24) is 0 Å². The van der Waals surface area contributed by atoms with Crippen molar-refractivity contribution in [2.75, 3.05) is 94.0 Å². The molecule has 5 aromatic rings. The second-order valence-corrected chi connectivity index (χ2v) is 14.4. The smallest absolute Gasteiger partial charge is 0.270 e. The van der Waals surface area contributed by atoms with E-state index in [1.807, 2.05) is 124 Å². The third-order valence-corrected chi connectivity index (χ3v) is 10.4. The molecule has 0 fully saturated rings. The van der Waals surface area contributed by atoms with Crippen LogP contribution in [0.1, 0.15) is 27.8 Å². The predicted octanol–water partition coefficient (Wildman–Crippen LogP) is 5.23. The van der Waals surface area contributed by atoms with Gasteiger partial charge in [-0.3, -0.25) is 0 Å². The van der Waals surface area contributed by atoms with E-state index in [9.17, 15) is 5.26 Å². The van der Waals surface area contributed by atoms with Gasteiger partial charge in [0, 0.05) is 114 Å². The first kappa shape index (κ1) is 35.3. The Balaban J connectivity index is 1.80. The van der Waals surface area contributed by atoms with Crippen molar-refractivity contribution in [3.8, 4) is 6.07 Å². The van der Waals surface area contributed by atoms with Crippen LogP contribution in [0.3, 0.4) is 0 Å². The molecule has 0 heterocycles. The van der Waals surface area contributed by atoms with Crippen LogP contribution in [0.2, 0.25) is 0 Å². The molecule has 2 aliphatic carbocycles. The number of hydrogen-bond acceptors (Lipinski definition) is 9. The van der Waals surface area contributed by atoms with Crippen LogP contribution in [-0.4, -0.2) is 66.7 Å². The predicted molar refractivity (Wildman–Crippen MR) is 222 cm³/mol. The van der Waals surface area contributed by atoms with E-state index in [0.717, 1.165) is 44.7 Å². The molecular weight excluding hydrogens is 673 g/mol. The van der Waals surface area contributed by atoms with Gasteiger partial charge in [-0.25, -0.2) is 14.7 Å². The fourth-order valence-corrected chi connectivity index (χ4v) is 8.29. The summed E-state index contributed by atoms with van der Waals surface area (Å²) < 4.78 is 2.03. The lowest BCUT2D eigenvalue weighted by molar-refractivity contribution is -0.463. The number of nitriles is 1. The molecule has 0 bridgehead atoms. The highest BCUT2D eigenvalue weighted by atomic mass is 16.3. The Morgan fingerprint density at radius 3 is 1.52 bits per heavy atom. The number of benzene rings is 5. The molecule has 0 saturated carbocycles. The van der Waals surface area contributed by atoms with Gasteiger partial charge < -0.3 is 42.7 Å². The van der Waals surface area contributed by atoms with Gasteiger partial charge >= 0.3 is 0 Å². The summed E-state index contributed by atoms with van der Waals surface area (Å²) in [7, 11) is 15.6. The summed E-state index contributed by atoms with van der Waals surface area (Å²) >= 11 is 0. The third kappa shape index (κ3) is 4.75. The van der Waals surface area contributed by atoms with Crippen molar-refractivity contribution in [3.05, 3.63) is 123 Å². The van der Waals surface area contributed by atoms with E-state index in [1.54, 1.807) is 12.1 Å². The van der Waals surface area contributed by atoms with Crippen molar-refractivity contribution in [3.63, 3.8) is 0 Å². The number of allylic oxidation sites excluding steroid dienone is 3. The number of hydrogen-bond donors (Lipinski definition) is 4. The number of anilines is 7. The minimum atomic E-state index is -0.377. The van der Waals surface area contributed by atoms with Gasteiger partial charge in [-0.15, -0.1) is 0 Å². The Kier molecular flexibility index (Phi) is 8.19. The average molecular weight is 715 g/mol. The molecule has 0 atom stereocenters. The normalized spacial score (nSPS) is 14.3. The summed E-state index contributed by atoms with van der Waals surface area (Å²) in [6, 6.07) is 20.9. The lowest BCUT2D eigenvalue weighted by Gasteiger charge is -2.42. The van der Waals surface area contributed by atoms with Gasteiger partial charge in [0.05, 0.1) is 40.8 Å². The monoisotopic (exact) mass is 714 g/mol. The molecule has 0 saturated heterocycles. The molecule has 54 heavy (non-hydrogen) atoms. The summed E-state index contributed by atoms with van der Waals surface area (Å²) in [4.78, 5) is 9.73. The van der Waals surface area contributed by atoms with Gasteiger partial charge in [0.2, 0.25) is 5.71 Å². The summed E-state index contributed by atoms with van der Waals surface area (Å²) in [6.07, 6.45) is 0. The standard InChI is InChI=1S/C43H42N10O/c1-49-27(20-44)34-39(37-30-21(12-10-14-23(30)45)41(52(6)7)22-13-11-15-24(46)31(22)37)43(54)40(34)38-32-25(47)16-18-28(50(2)3)35(32)42(53(8)9)36-29(51(4)5)19-17-26(48)33(36)38/h10-19H,45-48H2,2-9H3/b34-27-. The van der Waals surface area contributed by atoms with Gasteiger partial charge in [-0.05, 0) is 47.5 Å². The van der Waals surface area contributed by atoms with E-state index in [0.29, 0.717) is 55.8 Å². The number of nitrogens with two attached hydrogens (primary N) is 4. The van der Waals surface area contributed by atoms with Crippen molar-refractivity contribution in [2.45, 2.75) is 0 Å². The number of fused-ring (bicyclic) bond motifs is 4. The van der Waals surface area contributed by atoms with Crippen molar-refractivity contribution >= 4 is 78.2 Å². The molecule has 11 heteroatoms. The number of nitrogens with zero attached hydrogens (tertiary/aromatic N) is 6. The molecule has 7 rings (SSSR count). The van der Waals surface area contributed by atoms with Crippen LogP contribution < -0.4 is 42.7 Å². The number of nitrogen functional groups attached to an aromatic ring is 4. The first-order valence-corrected chi connectivity index (χ1v) is 17.3. The van der Waals surface area contributed by atoms with Crippen LogP contribution >= 0.6 is 0 Å². The maximum absolute atomic E-state index is 15.5. The van der Waals surface area contributed by atoms with Crippen LogP contribution in [0.15, 0.2) is 83.3 Å². The van der Waals surface area contributed by atoms with Crippen LogP contribution in [0.5, 0.6) is 0 Å². The Bertz CT molecular complexity index is 2580. The highest BCUT2D eigenvalue weighted by Gasteiger charge is 2.43. The lowest BCUT2D eigenvalue weighted by atomic mass is 9.68. The van der Waals surface area contributed by atoms with Crippen LogP contribution in [-0.2, 0) is 0 Å². The summed E-state index contributed by atoms with van der Waals surface area (Å²) in [5.41, 5.74) is 36.8. The van der Waals surface area contributed by atoms with Gasteiger partial charge in [-0.2, -0.15) is 0 Å². The zero-order valence-electron chi connectivity index (χ0n) is 31.7. The summed E-state index contributed by atoms with van der Waals surface area (Å²) in [5, 5.41) is 28.9. The third-order valence-electron chi connectivity index (χ3n) is 10.4. The largest absolute Gasteiger partial charge is 0.872 e.